The second-order valence-electron chi connectivity index (χ2n) is 14.2. The molecule has 0 fully saturated rings. The van der Waals surface area contributed by atoms with Gasteiger partial charge < -0.3 is 0 Å². The van der Waals surface area contributed by atoms with Crippen LogP contribution in [0.2, 0.25) is 0 Å². The summed E-state index contributed by atoms with van der Waals surface area (Å²) >= 11 is 0. The highest BCUT2D eigenvalue weighted by atomic mass is 14.3. The van der Waals surface area contributed by atoms with Crippen LogP contribution in [0.1, 0.15) is 203 Å². The number of hydrogen-bond donors (Lipinski definition) is 0. The van der Waals surface area contributed by atoms with Crippen LogP contribution in [-0.4, -0.2) is 0 Å². The first-order valence-corrected chi connectivity index (χ1v) is 19.8. The minimum Gasteiger partial charge on any atom is -0.0654 e. The molecule has 2 aromatic rings. The molecule has 0 radical (unpaired) electrons. The van der Waals surface area contributed by atoms with Crippen molar-refractivity contribution in [3.63, 3.8) is 0 Å². The van der Waals surface area contributed by atoms with Gasteiger partial charge in [-0.15, -0.1) is 0 Å². The van der Waals surface area contributed by atoms with Crippen LogP contribution in [0.3, 0.4) is 0 Å². The number of benzene rings is 2. The average Bonchev–Trinajstić information content (AvgIpc) is 3.03. The molecule has 0 aliphatic carbocycles. The summed E-state index contributed by atoms with van der Waals surface area (Å²) in [6, 6.07) is 15.5. The van der Waals surface area contributed by atoms with Crippen molar-refractivity contribution in [2.24, 2.45) is 5.92 Å². The Bertz CT molecular complexity index is 968. The summed E-state index contributed by atoms with van der Waals surface area (Å²) in [5.74, 6) is 1.47. The first-order valence-electron chi connectivity index (χ1n) is 19.8. The van der Waals surface area contributed by atoms with E-state index < -0.39 is 0 Å². The van der Waals surface area contributed by atoms with Crippen LogP contribution < -0.4 is 0 Å². The number of hydrogen-bond acceptors (Lipinski definition) is 0. The molecular weight excluding hydrogens is 528 g/mol. The quantitative estimate of drug-likeness (QED) is 0.0892. The van der Waals surface area contributed by atoms with Crippen molar-refractivity contribution in [2.75, 3.05) is 0 Å². The molecule has 0 bridgehead atoms. The molecule has 44 heavy (non-hydrogen) atoms. The van der Waals surface area contributed by atoms with E-state index in [-0.39, 0.29) is 0 Å². The zero-order valence-corrected chi connectivity index (χ0v) is 30.6. The highest BCUT2D eigenvalue weighted by Gasteiger charge is 2.20. The summed E-state index contributed by atoms with van der Waals surface area (Å²) in [5.41, 5.74) is 9.88. The maximum atomic E-state index is 2.69. The minimum atomic E-state index is 0.698. The zero-order chi connectivity index (χ0) is 31.8. The number of aryl methyl sites for hydroxylation is 4. The number of unbranched alkanes of at least 4 members (excludes halogenated alkanes) is 10. The predicted molar refractivity (Wildman–Crippen MR) is 199 cm³/mol. The molecule has 2 rings (SSSR count). The van der Waals surface area contributed by atoms with Crippen molar-refractivity contribution in [3.8, 4) is 0 Å². The Kier molecular flexibility index (Phi) is 21.6. The summed E-state index contributed by atoms with van der Waals surface area (Å²) < 4.78 is 0. The maximum Gasteiger partial charge on any atom is -0.0159 e. The fraction of sp³-hybridized carbons (Fsp3) is 0.727. The highest BCUT2D eigenvalue weighted by molar-refractivity contribution is 5.35. The average molecular weight is 603 g/mol. The monoisotopic (exact) mass is 603 g/mol. The molecule has 0 heteroatoms. The van der Waals surface area contributed by atoms with E-state index in [1.54, 1.807) is 33.4 Å². The Hall–Kier alpha value is -1.56. The fourth-order valence-electron chi connectivity index (χ4n) is 7.32. The van der Waals surface area contributed by atoms with Crippen molar-refractivity contribution >= 4 is 0 Å². The molecule has 0 aliphatic heterocycles. The standard InChI is InChI=1S/C44H74/c1-7-13-19-25-39-30-29-38(35-41(39)27-21-15-9-3)33-37(23-17-11-5)34-42(24-18-12-6)44-32-31-40(26-20-14-8-2)43(36-44)28-22-16-10-4/h29-32,35-37,42H,7-28,33-34H2,1-6H3. The Labute approximate surface area is 276 Å². The summed E-state index contributed by atoms with van der Waals surface area (Å²) in [6.07, 6.45) is 31.8. The second kappa shape index (κ2) is 24.6. The highest BCUT2D eigenvalue weighted by Crippen LogP contribution is 2.35. The summed E-state index contributed by atoms with van der Waals surface area (Å²) in [6.45, 7) is 14.1. The van der Waals surface area contributed by atoms with Gasteiger partial charge in [-0.2, -0.15) is 0 Å². The van der Waals surface area contributed by atoms with Gasteiger partial charge in [0.25, 0.3) is 0 Å². The Balaban J connectivity index is 2.31. The van der Waals surface area contributed by atoms with E-state index in [0.29, 0.717) is 5.92 Å². The van der Waals surface area contributed by atoms with Crippen LogP contribution in [0.25, 0.3) is 0 Å². The molecule has 0 saturated carbocycles. The second-order valence-corrected chi connectivity index (χ2v) is 14.2. The molecule has 0 amide bonds. The molecule has 2 atom stereocenters. The molecule has 0 aliphatic rings. The lowest BCUT2D eigenvalue weighted by Gasteiger charge is -2.26. The molecule has 2 aromatic carbocycles. The van der Waals surface area contributed by atoms with Crippen molar-refractivity contribution in [1.82, 2.24) is 0 Å². The van der Waals surface area contributed by atoms with Gasteiger partial charge in [0.15, 0.2) is 0 Å². The molecule has 0 aromatic heterocycles. The minimum absolute atomic E-state index is 0.698. The van der Waals surface area contributed by atoms with E-state index >= 15 is 0 Å². The summed E-state index contributed by atoms with van der Waals surface area (Å²) in [5, 5.41) is 0. The van der Waals surface area contributed by atoms with Gasteiger partial charge in [0, 0.05) is 0 Å². The van der Waals surface area contributed by atoms with Gasteiger partial charge >= 0.3 is 0 Å². The lowest BCUT2D eigenvalue weighted by atomic mass is 9.79. The van der Waals surface area contributed by atoms with Crippen molar-refractivity contribution in [2.45, 2.75) is 202 Å². The molecule has 250 valence electrons. The van der Waals surface area contributed by atoms with E-state index in [1.807, 2.05) is 0 Å². The van der Waals surface area contributed by atoms with Crippen LogP contribution in [0.4, 0.5) is 0 Å². The largest absolute Gasteiger partial charge is 0.0654 e. The molecule has 0 heterocycles. The normalized spacial score (nSPS) is 13.0. The van der Waals surface area contributed by atoms with Crippen molar-refractivity contribution in [1.29, 1.82) is 0 Å². The van der Waals surface area contributed by atoms with Crippen LogP contribution in [0.5, 0.6) is 0 Å². The SMILES string of the molecule is CCCCCc1ccc(CC(CCCC)CC(CCCC)c2ccc(CCCCC)c(CCCCC)c2)cc1CCCCC. The maximum absolute atomic E-state index is 2.69. The van der Waals surface area contributed by atoms with Gasteiger partial charge in [0.05, 0.1) is 0 Å². The smallest absolute Gasteiger partial charge is 0.0159 e. The van der Waals surface area contributed by atoms with E-state index in [9.17, 15) is 0 Å². The van der Waals surface area contributed by atoms with E-state index in [4.69, 9.17) is 0 Å². The van der Waals surface area contributed by atoms with Gasteiger partial charge in [-0.1, -0.05) is 161 Å². The van der Waals surface area contributed by atoms with Crippen LogP contribution >= 0.6 is 0 Å². The first-order chi connectivity index (χ1) is 21.6. The lowest BCUT2D eigenvalue weighted by molar-refractivity contribution is 0.378. The van der Waals surface area contributed by atoms with Gasteiger partial charge in [-0.25, -0.2) is 0 Å². The van der Waals surface area contributed by atoms with E-state index in [2.05, 4.69) is 77.9 Å². The van der Waals surface area contributed by atoms with E-state index in [1.165, 1.54) is 154 Å². The third-order valence-corrected chi connectivity index (χ3v) is 10.2. The first kappa shape index (κ1) is 38.6. The third-order valence-electron chi connectivity index (χ3n) is 10.2. The van der Waals surface area contributed by atoms with Gasteiger partial charge in [-0.05, 0) is 116 Å². The van der Waals surface area contributed by atoms with Crippen LogP contribution in [0, 0.1) is 5.92 Å². The Morgan fingerprint density at radius 1 is 0.432 bits per heavy atom. The predicted octanol–water partition coefficient (Wildman–Crippen LogP) is 14.3. The van der Waals surface area contributed by atoms with Gasteiger partial charge in [0.2, 0.25) is 0 Å². The number of rotatable bonds is 27. The molecular formula is C44H74. The molecule has 2 unspecified atom stereocenters. The van der Waals surface area contributed by atoms with Gasteiger partial charge in [0.1, 0.15) is 0 Å². The fourth-order valence-corrected chi connectivity index (χ4v) is 7.32. The Morgan fingerprint density at radius 3 is 1.41 bits per heavy atom. The van der Waals surface area contributed by atoms with Crippen LogP contribution in [0.15, 0.2) is 36.4 Å². The lowest BCUT2D eigenvalue weighted by Crippen LogP contribution is -2.13. The zero-order valence-electron chi connectivity index (χ0n) is 30.6. The summed E-state index contributed by atoms with van der Waals surface area (Å²) in [7, 11) is 0. The topological polar surface area (TPSA) is 0 Å². The third kappa shape index (κ3) is 15.1. The molecule has 0 saturated heterocycles. The molecule has 0 N–H and O–H groups in total. The molecule has 0 spiro atoms. The van der Waals surface area contributed by atoms with Crippen LogP contribution in [-0.2, 0) is 32.1 Å². The molecule has 0 nitrogen and oxygen atoms in total. The Morgan fingerprint density at radius 2 is 0.886 bits per heavy atom. The van der Waals surface area contributed by atoms with E-state index in [0.717, 1.165) is 5.92 Å². The van der Waals surface area contributed by atoms with Crippen molar-refractivity contribution < 1.29 is 0 Å². The summed E-state index contributed by atoms with van der Waals surface area (Å²) in [4.78, 5) is 0. The van der Waals surface area contributed by atoms with Crippen molar-refractivity contribution in [3.05, 3.63) is 69.8 Å². The van der Waals surface area contributed by atoms with Gasteiger partial charge in [-0.3, -0.25) is 0 Å².